The molecule has 1 heterocycles. The average Bonchev–Trinajstić information content (AvgIpc) is 3.07. The number of aromatic hydroxyl groups is 1. The molecule has 4 rings (SSSR count). The lowest BCUT2D eigenvalue weighted by Crippen LogP contribution is -2.37. The van der Waals surface area contributed by atoms with Crippen LogP contribution in [-0.2, 0) is 30.5 Å². The quantitative estimate of drug-likeness (QED) is 0.0542. The molecule has 0 fully saturated rings. The number of hydrazone groups is 1. The Balaban J connectivity index is 1.25. The van der Waals surface area contributed by atoms with Gasteiger partial charge >= 0.3 is 5.97 Å². The molecule has 10 nitrogen and oxygen atoms in total. The Morgan fingerprint density at radius 3 is 2.28 bits per heavy atom. The molecule has 0 saturated carbocycles. The number of anilines is 1. The van der Waals surface area contributed by atoms with Crippen LogP contribution in [-0.4, -0.2) is 46.5 Å². The van der Waals surface area contributed by atoms with E-state index in [1.165, 1.54) is 6.07 Å². The normalized spacial score (nSPS) is 16.5. The molecular weight excluding hydrogens is 596 g/mol. The number of rotatable bonds is 12. The van der Waals surface area contributed by atoms with E-state index in [-0.39, 0.29) is 42.5 Å². The molecule has 0 bridgehead atoms. The van der Waals surface area contributed by atoms with Crippen LogP contribution in [0.5, 0.6) is 5.75 Å². The maximum atomic E-state index is 13.5. The zero-order chi connectivity index (χ0) is 33.3. The summed E-state index contributed by atoms with van der Waals surface area (Å²) in [5.74, 6) is -0.687. The standard InChI is InChI=1S/C37H42N4O6/c42-33-16-12-11-15-31(33)39-34(43)17-7-4-8-18-35(44)40-38-25-28-21-23-29(24-22-28)26-41-32(30-13-5-3-6-14-30)27-47-37(46)20-10-2-1-9-19-36(41)45/h1-3,5-6,11-16,21-25,32,42H,4,7-10,17-20,26-27H2,(H,39,43)(H,40,44)/b2-1+,38-25+/t32-/m1/s1. The van der Waals surface area contributed by atoms with Crippen molar-refractivity contribution in [3.63, 3.8) is 0 Å². The predicted octanol–water partition coefficient (Wildman–Crippen LogP) is 6.17. The fourth-order valence-corrected chi connectivity index (χ4v) is 5.13. The summed E-state index contributed by atoms with van der Waals surface area (Å²) in [7, 11) is 0. The largest absolute Gasteiger partial charge is 0.506 e. The number of unbranched alkanes of at least 4 members (excludes halogenated alkanes) is 2. The fourth-order valence-electron chi connectivity index (χ4n) is 5.13. The molecule has 0 aromatic heterocycles. The van der Waals surface area contributed by atoms with Crippen molar-refractivity contribution in [2.75, 3.05) is 11.9 Å². The summed E-state index contributed by atoms with van der Waals surface area (Å²) < 4.78 is 5.61. The van der Waals surface area contributed by atoms with Crippen molar-refractivity contribution >= 4 is 35.6 Å². The van der Waals surface area contributed by atoms with E-state index in [9.17, 15) is 24.3 Å². The Morgan fingerprint density at radius 1 is 0.851 bits per heavy atom. The minimum absolute atomic E-state index is 0.0233. The molecular formula is C37H42N4O6. The fraction of sp³-hybridized carbons (Fsp3) is 0.324. The zero-order valence-corrected chi connectivity index (χ0v) is 26.5. The first kappa shape index (κ1) is 34.6. The zero-order valence-electron chi connectivity index (χ0n) is 26.5. The highest BCUT2D eigenvalue weighted by atomic mass is 16.5. The van der Waals surface area contributed by atoms with Crippen LogP contribution in [0.4, 0.5) is 5.69 Å². The predicted molar refractivity (Wildman–Crippen MR) is 180 cm³/mol. The van der Waals surface area contributed by atoms with Gasteiger partial charge in [0.1, 0.15) is 12.4 Å². The molecule has 0 unspecified atom stereocenters. The monoisotopic (exact) mass is 638 g/mol. The van der Waals surface area contributed by atoms with E-state index in [4.69, 9.17) is 4.74 Å². The van der Waals surface area contributed by atoms with Crippen LogP contribution >= 0.6 is 0 Å². The third-order valence-electron chi connectivity index (χ3n) is 7.71. The van der Waals surface area contributed by atoms with Crippen LogP contribution < -0.4 is 10.7 Å². The number of benzene rings is 3. The molecule has 0 aliphatic carbocycles. The first-order valence-corrected chi connectivity index (χ1v) is 16.0. The van der Waals surface area contributed by atoms with Crippen molar-refractivity contribution in [3.8, 4) is 5.75 Å². The first-order chi connectivity index (χ1) is 22.9. The topological polar surface area (TPSA) is 137 Å². The Morgan fingerprint density at radius 2 is 1.53 bits per heavy atom. The molecule has 1 atom stereocenters. The molecule has 3 N–H and O–H groups in total. The van der Waals surface area contributed by atoms with Crippen LogP contribution in [0, 0.1) is 0 Å². The summed E-state index contributed by atoms with van der Waals surface area (Å²) >= 11 is 0. The lowest BCUT2D eigenvalue weighted by molar-refractivity contribution is -0.149. The maximum Gasteiger partial charge on any atom is 0.306 e. The van der Waals surface area contributed by atoms with E-state index in [2.05, 4.69) is 15.8 Å². The maximum absolute atomic E-state index is 13.5. The van der Waals surface area contributed by atoms with Crippen molar-refractivity contribution in [1.29, 1.82) is 0 Å². The van der Waals surface area contributed by atoms with Crippen molar-refractivity contribution < 1.29 is 29.0 Å². The van der Waals surface area contributed by atoms with Gasteiger partial charge in [0.05, 0.1) is 17.9 Å². The van der Waals surface area contributed by atoms with E-state index in [0.717, 1.165) is 16.7 Å². The van der Waals surface area contributed by atoms with E-state index in [1.54, 1.807) is 29.3 Å². The molecule has 3 amide bonds. The number of nitrogens with one attached hydrogen (secondary N) is 2. The molecule has 3 aromatic carbocycles. The summed E-state index contributed by atoms with van der Waals surface area (Å²) in [6, 6.07) is 23.3. The lowest BCUT2D eigenvalue weighted by Gasteiger charge is -2.32. The van der Waals surface area contributed by atoms with Crippen LogP contribution in [0.3, 0.4) is 0 Å². The van der Waals surface area contributed by atoms with E-state index >= 15 is 0 Å². The van der Waals surface area contributed by atoms with Gasteiger partial charge in [-0.15, -0.1) is 0 Å². The molecule has 0 radical (unpaired) electrons. The van der Waals surface area contributed by atoms with Gasteiger partial charge in [-0.05, 0) is 54.5 Å². The van der Waals surface area contributed by atoms with E-state index in [1.807, 2.05) is 66.7 Å². The Bertz CT molecular complexity index is 1540. The number of allylic oxidation sites excluding steroid dienone is 2. The Kier molecular flexibility index (Phi) is 13.7. The highest BCUT2D eigenvalue weighted by Crippen LogP contribution is 2.26. The van der Waals surface area contributed by atoms with Gasteiger partial charge in [0.2, 0.25) is 17.7 Å². The molecule has 0 saturated heterocycles. The smallest absolute Gasteiger partial charge is 0.306 e. The second-order valence-corrected chi connectivity index (χ2v) is 11.3. The second kappa shape index (κ2) is 18.7. The van der Waals surface area contributed by atoms with Gasteiger partial charge in [-0.2, -0.15) is 5.10 Å². The van der Waals surface area contributed by atoms with Crippen molar-refractivity contribution in [2.45, 2.75) is 70.4 Å². The number of esters is 1. The number of amides is 3. The minimum atomic E-state index is -0.423. The first-order valence-electron chi connectivity index (χ1n) is 16.0. The van der Waals surface area contributed by atoms with E-state index in [0.29, 0.717) is 63.6 Å². The summed E-state index contributed by atoms with van der Waals surface area (Å²) in [5.41, 5.74) is 5.51. The number of carbonyl (C=O) groups excluding carboxylic acids is 4. The van der Waals surface area contributed by atoms with Gasteiger partial charge in [0.25, 0.3) is 0 Å². The molecule has 0 spiro atoms. The summed E-state index contributed by atoms with van der Waals surface area (Å²) in [5, 5.41) is 16.5. The second-order valence-electron chi connectivity index (χ2n) is 11.3. The molecule has 1 aliphatic heterocycles. The number of hydrogen-bond acceptors (Lipinski definition) is 7. The summed E-state index contributed by atoms with van der Waals surface area (Å²) in [4.78, 5) is 51.9. The van der Waals surface area contributed by atoms with Crippen LogP contribution in [0.25, 0.3) is 0 Å². The number of phenolic OH excluding ortho intramolecular Hbond substituents is 1. The number of carbonyl (C=O) groups is 4. The highest BCUT2D eigenvalue weighted by molar-refractivity contribution is 5.92. The number of para-hydroxylation sites is 2. The Labute approximate surface area is 275 Å². The van der Waals surface area contributed by atoms with Gasteiger partial charge in [-0.25, -0.2) is 5.43 Å². The van der Waals surface area contributed by atoms with Crippen LogP contribution in [0.2, 0.25) is 0 Å². The number of phenols is 1. The molecule has 10 heteroatoms. The SMILES string of the molecule is O=C(CCCCCC(=O)Nc1ccccc1O)N/N=C/c1ccc(CN2C(=O)CC/C=C/CCC(=O)OC[C@@H]2c2ccccc2)cc1. The molecule has 47 heavy (non-hydrogen) atoms. The van der Waals surface area contributed by atoms with Gasteiger partial charge in [-0.3, -0.25) is 19.2 Å². The van der Waals surface area contributed by atoms with Crippen LogP contribution in [0.1, 0.15) is 80.5 Å². The lowest BCUT2D eigenvalue weighted by atomic mass is 10.0. The minimum Gasteiger partial charge on any atom is -0.506 e. The number of nitrogens with zero attached hydrogens (tertiary/aromatic N) is 2. The highest BCUT2D eigenvalue weighted by Gasteiger charge is 2.27. The number of ether oxygens (including phenoxy) is 1. The molecule has 3 aromatic rings. The van der Waals surface area contributed by atoms with Crippen molar-refractivity contribution in [2.24, 2.45) is 5.10 Å². The van der Waals surface area contributed by atoms with E-state index < -0.39 is 6.04 Å². The van der Waals surface area contributed by atoms with Gasteiger partial charge < -0.3 is 20.1 Å². The molecule has 1 aliphatic rings. The number of hydrogen-bond donors (Lipinski definition) is 3. The number of cyclic esters (lactones) is 1. The summed E-state index contributed by atoms with van der Waals surface area (Å²) in [6.07, 6.45) is 9.81. The third-order valence-corrected chi connectivity index (χ3v) is 7.71. The van der Waals surface area contributed by atoms with Crippen molar-refractivity contribution in [1.82, 2.24) is 10.3 Å². The third kappa shape index (κ3) is 11.9. The summed E-state index contributed by atoms with van der Waals surface area (Å²) in [6.45, 7) is 0.419. The average molecular weight is 639 g/mol. The van der Waals surface area contributed by atoms with Gasteiger partial charge in [0, 0.05) is 32.2 Å². The van der Waals surface area contributed by atoms with Gasteiger partial charge in [-0.1, -0.05) is 85.3 Å². The van der Waals surface area contributed by atoms with Gasteiger partial charge in [0.15, 0.2) is 0 Å². The van der Waals surface area contributed by atoms with Crippen molar-refractivity contribution in [3.05, 3.63) is 108 Å². The van der Waals surface area contributed by atoms with Crippen LogP contribution in [0.15, 0.2) is 96.1 Å². The Hall–Kier alpha value is -5.25. The molecule has 246 valence electrons.